The van der Waals surface area contributed by atoms with E-state index in [1.807, 2.05) is 37.9 Å². The molecule has 25 heavy (non-hydrogen) atoms. The molecule has 1 aromatic rings. The van der Waals surface area contributed by atoms with Crippen LogP contribution in [0.1, 0.15) is 39.3 Å². The maximum absolute atomic E-state index is 12.9. The van der Waals surface area contributed by atoms with Gasteiger partial charge in [-0.1, -0.05) is 26.8 Å². The lowest BCUT2D eigenvalue weighted by Gasteiger charge is -2.41. The van der Waals surface area contributed by atoms with Crippen LogP contribution in [-0.2, 0) is 4.79 Å². The molecule has 1 aliphatic rings. The average Bonchev–Trinajstić information content (AvgIpc) is 2.58. The van der Waals surface area contributed by atoms with Crippen LogP contribution in [0.3, 0.4) is 0 Å². The van der Waals surface area contributed by atoms with Crippen molar-refractivity contribution in [2.45, 2.75) is 39.8 Å². The molecule has 2 heterocycles. The summed E-state index contributed by atoms with van der Waals surface area (Å²) in [5.41, 5.74) is 6.02. The Morgan fingerprint density at radius 3 is 2.36 bits per heavy atom. The number of rotatable bonds is 4. The molecule has 0 bridgehead atoms. The van der Waals surface area contributed by atoms with Gasteiger partial charge >= 0.3 is 6.03 Å². The standard InChI is InChI=1S/C18H29N5O2/c1-13(14-6-5-7-20-12-14)22-8-10-23(11-9-22)16(24)15(18(2,3)4)21-17(19)25/h5-7,12-13,15H,8-11H2,1-4H3,(H3,19,21,25)/t13-,15+/m0/s1. The van der Waals surface area contributed by atoms with Gasteiger partial charge in [-0.25, -0.2) is 4.79 Å². The maximum atomic E-state index is 12.9. The van der Waals surface area contributed by atoms with Gasteiger partial charge in [-0.05, 0) is 24.0 Å². The SMILES string of the molecule is C[C@@H](c1cccnc1)N1CCN(C(=O)[C@@H](NC(N)=O)C(C)(C)C)CC1. The maximum Gasteiger partial charge on any atom is 0.312 e. The van der Waals surface area contributed by atoms with Crippen LogP contribution in [0.15, 0.2) is 24.5 Å². The first-order valence-electron chi connectivity index (χ1n) is 8.69. The fourth-order valence-electron chi connectivity index (χ4n) is 3.14. The molecule has 7 heteroatoms. The van der Waals surface area contributed by atoms with Gasteiger partial charge in [-0.2, -0.15) is 0 Å². The number of amides is 3. The molecular weight excluding hydrogens is 318 g/mol. The van der Waals surface area contributed by atoms with Crippen molar-refractivity contribution in [2.24, 2.45) is 11.1 Å². The Morgan fingerprint density at radius 1 is 1.24 bits per heavy atom. The fourth-order valence-corrected chi connectivity index (χ4v) is 3.14. The van der Waals surface area contributed by atoms with E-state index in [4.69, 9.17) is 5.73 Å². The third-order valence-electron chi connectivity index (χ3n) is 4.74. The van der Waals surface area contributed by atoms with Crippen molar-refractivity contribution in [3.05, 3.63) is 30.1 Å². The number of nitrogens with one attached hydrogen (secondary N) is 1. The van der Waals surface area contributed by atoms with Crippen LogP contribution in [0.2, 0.25) is 0 Å². The van der Waals surface area contributed by atoms with Crippen molar-refractivity contribution >= 4 is 11.9 Å². The molecule has 0 radical (unpaired) electrons. The van der Waals surface area contributed by atoms with E-state index in [-0.39, 0.29) is 11.9 Å². The molecule has 3 amide bonds. The van der Waals surface area contributed by atoms with Crippen LogP contribution in [0, 0.1) is 5.41 Å². The molecule has 1 fully saturated rings. The number of carbonyl (C=O) groups is 2. The quantitative estimate of drug-likeness (QED) is 0.860. The highest BCUT2D eigenvalue weighted by Gasteiger charge is 2.36. The molecule has 138 valence electrons. The van der Waals surface area contributed by atoms with Gasteiger partial charge < -0.3 is 16.0 Å². The number of nitrogens with zero attached hydrogens (tertiary/aromatic N) is 3. The molecule has 0 aromatic carbocycles. The zero-order valence-electron chi connectivity index (χ0n) is 15.5. The molecule has 1 aliphatic heterocycles. The summed E-state index contributed by atoms with van der Waals surface area (Å²) in [6.07, 6.45) is 3.65. The van der Waals surface area contributed by atoms with Gasteiger partial charge in [0.1, 0.15) is 6.04 Å². The minimum absolute atomic E-state index is 0.0695. The predicted octanol–water partition coefficient (Wildman–Crippen LogP) is 1.37. The molecule has 2 rings (SSSR count). The van der Waals surface area contributed by atoms with Crippen LogP contribution >= 0.6 is 0 Å². The molecule has 0 aliphatic carbocycles. The van der Waals surface area contributed by atoms with Crippen molar-refractivity contribution in [3.8, 4) is 0 Å². The zero-order chi connectivity index (χ0) is 18.6. The second kappa shape index (κ2) is 7.82. The highest BCUT2D eigenvalue weighted by atomic mass is 16.2. The Bertz CT molecular complexity index is 591. The summed E-state index contributed by atoms with van der Waals surface area (Å²) in [4.78, 5) is 32.5. The molecule has 0 spiro atoms. The monoisotopic (exact) mass is 347 g/mol. The highest BCUT2D eigenvalue weighted by molar-refractivity contribution is 5.87. The molecule has 7 nitrogen and oxygen atoms in total. The lowest BCUT2D eigenvalue weighted by atomic mass is 9.85. The number of pyridine rings is 1. The number of hydrogen-bond acceptors (Lipinski definition) is 4. The minimum Gasteiger partial charge on any atom is -0.352 e. The van der Waals surface area contributed by atoms with Gasteiger partial charge in [0.2, 0.25) is 5.91 Å². The van der Waals surface area contributed by atoms with Gasteiger partial charge in [-0.3, -0.25) is 14.7 Å². The Balaban J connectivity index is 1.98. The van der Waals surface area contributed by atoms with E-state index in [9.17, 15) is 9.59 Å². The first-order chi connectivity index (χ1) is 11.7. The lowest BCUT2D eigenvalue weighted by Crippen LogP contribution is -2.59. The van der Waals surface area contributed by atoms with E-state index in [1.165, 1.54) is 5.56 Å². The number of primary amides is 1. The molecule has 0 saturated carbocycles. The molecular formula is C18H29N5O2. The van der Waals surface area contributed by atoms with Crippen LogP contribution in [0.5, 0.6) is 0 Å². The van der Waals surface area contributed by atoms with Crippen LogP contribution in [-0.4, -0.2) is 58.9 Å². The summed E-state index contributed by atoms with van der Waals surface area (Å²) in [5, 5.41) is 2.60. The number of aromatic nitrogens is 1. The highest BCUT2D eigenvalue weighted by Crippen LogP contribution is 2.24. The Labute approximate surface area is 149 Å². The number of hydrogen-bond donors (Lipinski definition) is 2. The third kappa shape index (κ3) is 4.92. The van der Waals surface area contributed by atoms with Crippen molar-refractivity contribution in [3.63, 3.8) is 0 Å². The molecule has 0 unspecified atom stereocenters. The second-order valence-electron chi connectivity index (χ2n) is 7.63. The van der Waals surface area contributed by atoms with Crippen molar-refractivity contribution in [1.29, 1.82) is 0 Å². The van der Waals surface area contributed by atoms with Crippen LogP contribution < -0.4 is 11.1 Å². The number of nitrogens with two attached hydrogens (primary N) is 1. The third-order valence-corrected chi connectivity index (χ3v) is 4.74. The van der Waals surface area contributed by atoms with Crippen LogP contribution in [0.25, 0.3) is 0 Å². The minimum atomic E-state index is -0.669. The molecule has 2 atom stereocenters. The zero-order valence-corrected chi connectivity index (χ0v) is 15.5. The Kier molecular flexibility index (Phi) is 6.00. The van der Waals surface area contributed by atoms with Gasteiger partial charge in [0.15, 0.2) is 0 Å². The predicted molar refractivity (Wildman–Crippen MR) is 96.8 cm³/mol. The van der Waals surface area contributed by atoms with Gasteiger partial charge in [0, 0.05) is 44.6 Å². The summed E-state index contributed by atoms with van der Waals surface area (Å²) >= 11 is 0. The summed E-state index contributed by atoms with van der Waals surface area (Å²) in [7, 11) is 0. The van der Waals surface area contributed by atoms with Crippen molar-refractivity contribution in [2.75, 3.05) is 26.2 Å². The summed E-state index contributed by atoms with van der Waals surface area (Å²) < 4.78 is 0. The van der Waals surface area contributed by atoms with Crippen molar-refractivity contribution in [1.82, 2.24) is 20.1 Å². The van der Waals surface area contributed by atoms with Gasteiger partial charge in [0.25, 0.3) is 0 Å². The normalized spacial score (nSPS) is 18.5. The molecule has 1 saturated heterocycles. The van der Waals surface area contributed by atoms with E-state index < -0.39 is 17.5 Å². The first kappa shape index (κ1) is 19.2. The van der Waals surface area contributed by atoms with E-state index in [0.717, 1.165) is 13.1 Å². The fraction of sp³-hybridized carbons (Fsp3) is 0.611. The Morgan fingerprint density at radius 2 is 1.88 bits per heavy atom. The second-order valence-corrected chi connectivity index (χ2v) is 7.63. The van der Waals surface area contributed by atoms with E-state index in [2.05, 4.69) is 28.2 Å². The van der Waals surface area contributed by atoms with Gasteiger partial charge in [-0.15, -0.1) is 0 Å². The van der Waals surface area contributed by atoms with E-state index in [1.54, 1.807) is 6.20 Å². The number of piperazine rings is 1. The number of carbonyl (C=O) groups excluding carboxylic acids is 2. The summed E-state index contributed by atoms with van der Waals surface area (Å²) in [5.74, 6) is -0.0695. The topological polar surface area (TPSA) is 91.6 Å². The average molecular weight is 347 g/mol. The number of urea groups is 1. The van der Waals surface area contributed by atoms with Crippen molar-refractivity contribution < 1.29 is 9.59 Å². The van der Waals surface area contributed by atoms with Crippen LogP contribution in [0.4, 0.5) is 4.79 Å². The Hall–Kier alpha value is -2.15. The summed E-state index contributed by atoms with van der Waals surface area (Å²) in [6, 6.07) is 2.98. The molecule has 1 aromatic heterocycles. The first-order valence-corrected chi connectivity index (χ1v) is 8.69. The summed E-state index contributed by atoms with van der Waals surface area (Å²) in [6.45, 7) is 10.8. The van der Waals surface area contributed by atoms with E-state index in [0.29, 0.717) is 13.1 Å². The largest absolute Gasteiger partial charge is 0.352 e. The lowest BCUT2D eigenvalue weighted by molar-refractivity contribution is -0.137. The van der Waals surface area contributed by atoms with Gasteiger partial charge in [0.05, 0.1) is 0 Å². The smallest absolute Gasteiger partial charge is 0.312 e. The molecule has 3 N–H and O–H groups in total. The van der Waals surface area contributed by atoms with E-state index >= 15 is 0 Å².